The number of piperidine rings is 3. The fraction of sp³-hybridized carbons (Fsp3) is 0.488. The predicted octanol–water partition coefficient (Wildman–Crippen LogP) is 5.88. The van der Waals surface area contributed by atoms with Gasteiger partial charge in [-0.05, 0) is 88.8 Å². The number of nitrogens with one attached hydrogen (secondary N) is 2. The molecule has 4 aliphatic rings. The number of amides is 4. The minimum absolute atomic E-state index is 0.00802. The molecule has 18 heteroatoms. The normalized spacial score (nSPS) is 21.3. The van der Waals surface area contributed by atoms with E-state index in [2.05, 4.69) is 20.5 Å². The van der Waals surface area contributed by atoms with Crippen molar-refractivity contribution in [1.29, 1.82) is 0 Å². The number of fused-ring (bicyclic) bond motifs is 1. The van der Waals surface area contributed by atoms with E-state index in [1.165, 1.54) is 18.2 Å². The minimum atomic E-state index is -4.72. The summed E-state index contributed by atoms with van der Waals surface area (Å²) in [5.74, 6) is -5.07. The highest BCUT2D eigenvalue weighted by Gasteiger charge is 2.38. The van der Waals surface area contributed by atoms with Gasteiger partial charge in [0.1, 0.15) is 23.0 Å². The van der Waals surface area contributed by atoms with Crippen LogP contribution in [-0.4, -0.2) is 98.6 Å². The molecular weight excluding hydrogens is 804 g/mol. The van der Waals surface area contributed by atoms with E-state index in [9.17, 15) is 37.5 Å². The number of benzene rings is 2. The molecule has 0 spiro atoms. The Labute approximate surface area is 348 Å². The lowest BCUT2D eigenvalue weighted by Crippen LogP contribution is -2.50. The van der Waals surface area contributed by atoms with E-state index in [0.717, 1.165) is 50.9 Å². The van der Waals surface area contributed by atoms with Crippen molar-refractivity contribution in [1.82, 2.24) is 29.9 Å². The Morgan fingerprint density at radius 1 is 0.885 bits per heavy atom. The number of rotatable bonds is 8. The Bertz CT molecular complexity index is 2340. The number of carbonyl (C=O) groups is 4. The Kier molecular flexibility index (Phi) is 11.4. The number of halogens is 5. The van der Waals surface area contributed by atoms with Crippen LogP contribution >= 0.6 is 0 Å². The van der Waals surface area contributed by atoms with Gasteiger partial charge in [-0.1, -0.05) is 6.07 Å². The first kappa shape index (κ1) is 42.2. The van der Waals surface area contributed by atoms with Crippen molar-refractivity contribution in [3.63, 3.8) is 0 Å². The smallest absolute Gasteiger partial charge is 0.386 e. The first-order valence-corrected chi connectivity index (χ1v) is 20.6. The topological polar surface area (TPSA) is 153 Å². The molecule has 0 aliphatic carbocycles. The average Bonchev–Trinajstić information content (AvgIpc) is 3.88. The maximum atomic E-state index is 15.2. The number of alkyl halides is 3. The number of aromatic nitrogens is 3. The summed E-state index contributed by atoms with van der Waals surface area (Å²) < 4.78 is 72.1. The summed E-state index contributed by atoms with van der Waals surface area (Å²) >= 11 is 0. The summed E-state index contributed by atoms with van der Waals surface area (Å²) in [4.78, 5) is 60.2. The van der Waals surface area contributed by atoms with E-state index in [4.69, 9.17) is 5.10 Å². The SMILES string of the molecule is CC(C)(O)c1cc2nn(C3CCN(C4CCN(C(=O)[C@@H]5CCN(c6cc(F)c([C@H]7CCC(=O)NC7=O)c(F)c6)C5)CC4)CC3)cc2cc1NC(=O)c1cccc(C(F)(F)F)n1. The summed E-state index contributed by atoms with van der Waals surface area (Å²) in [6.45, 7) is 6.76. The molecule has 0 saturated carbocycles. The largest absolute Gasteiger partial charge is 0.433 e. The Morgan fingerprint density at radius 3 is 2.23 bits per heavy atom. The number of imide groups is 1. The zero-order chi connectivity index (χ0) is 43.4. The third-order valence-corrected chi connectivity index (χ3v) is 12.6. The Morgan fingerprint density at radius 2 is 1.57 bits per heavy atom. The van der Waals surface area contributed by atoms with Gasteiger partial charge in [-0.3, -0.25) is 29.2 Å². The molecule has 4 aliphatic heterocycles. The quantitative estimate of drug-likeness (QED) is 0.146. The number of carbonyl (C=O) groups excluding carboxylic acids is 4. The molecule has 0 radical (unpaired) electrons. The summed E-state index contributed by atoms with van der Waals surface area (Å²) in [5.41, 5.74) is -1.87. The first-order valence-electron chi connectivity index (χ1n) is 20.6. The van der Waals surface area contributed by atoms with Crippen LogP contribution in [0, 0.1) is 17.6 Å². The molecule has 4 fully saturated rings. The Hall–Kier alpha value is -5.49. The second-order valence-corrected chi connectivity index (χ2v) is 17.1. The van der Waals surface area contributed by atoms with Crippen LogP contribution in [-0.2, 0) is 26.2 Å². The van der Waals surface area contributed by atoms with Crippen molar-refractivity contribution >= 4 is 45.9 Å². The fourth-order valence-corrected chi connectivity index (χ4v) is 9.27. The highest BCUT2D eigenvalue weighted by Crippen LogP contribution is 2.37. The lowest BCUT2D eigenvalue weighted by molar-refractivity contribution is -0.141. The zero-order valence-electron chi connectivity index (χ0n) is 33.8. The molecule has 324 valence electrons. The van der Waals surface area contributed by atoms with E-state index in [-0.39, 0.29) is 42.0 Å². The molecule has 4 saturated heterocycles. The third kappa shape index (κ3) is 8.82. The fourth-order valence-electron chi connectivity index (χ4n) is 9.27. The van der Waals surface area contributed by atoms with Crippen LogP contribution < -0.4 is 15.5 Å². The lowest BCUT2D eigenvalue weighted by atomic mass is 9.89. The van der Waals surface area contributed by atoms with Gasteiger partial charge in [0.15, 0.2) is 0 Å². The number of aliphatic hydroxyl groups is 1. The van der Waals surface area contributed by atoms with Crippen molar-refractivity contribution in [2.45, 2.75) is 88.6 Å². The highest BCUT2D eigenvalue weighted by atomic mass is 19.4. The molecular formula is C43H47F5N8O5. The van der Waals surface area contributed by atoms with Gasteiger partial charge in [0, 0.05) is 85.8 Å². The molecule has 3 N–H and O–H groups in total. The molecule has 6 heterocycles. The van der Waals surface area contributed by atoms with Crippen LogP contribution in [0.1, 0.15) is 98.1 Å². The minimum Gasteiger partial charge on any atom is -0.386 e. The molecule has 13 nitrogen and oxygen atoms in total. The summed E-state index contributed by atoms with van der Waals surface area (Å²) in [6.07, 6.45) is 1.05. The number of anilines is 2. The van der Waals surface area contributed by atoms with Gasteiger partial charge in [0.2, 0.25) is 17.7 Å². The van der Waals surface area contributed by atoms with Crippen molar-refractivity contribution in [2.24, 2.45) is 5.92 Å². The van der Waals surface area contributed by atoms with E-state index >= 15 is 8.78 Å². The molecule has 0 unspecified atom stereocenters. The number of pyridine rings is 1. The van der Waals surface area contributed by atoms with Gasteiger partial charge in [0.05, 0.1) is 29.0 Å². The Balaban J connectivity index is 0.845. The number of nitrogens with zero attached hydrogens (tertiary/aromatic N) is 6. The third-order valence-electron chi connectivity index (χ3n) is 12.6. The molecule has 2 aromatic carbocycles. The maximum absolute atomic E-state index is 15.2. The van der Waals surface area contributed by atoms with Gasteiger partial charge >= 0.3 is 6.18 Å². The molecule has 2 aromatic heterocycles. The number of hydrogen-bond donors (Lipinski definition) is 3. The number of hydrogen-bond acceptors (Lipinski definition) is 9. The zero-order valence-corrected chi connectivity index (χ0v) is 33.8. The van der Waals surface area contributed by atoms with E-state index < -0.39 is 58.4 Å². The van der Waals surface area contributed by atoms with E-state index in [0.29, 0.717) is 60.8 Å². The molecule has 8 rings (SSSR count). The monoisotopic (exact) mass is 850 g/mol. The van der Waals surface area contributed by atoms with Crippen molar-refractivity contribution in [2.75, 3.05) is 49.5 Å². The second-order valence-electron chi connectivity index (χ2n) is 17.1. The molecule has 61 heavy (non-hydrogen) atoms. The second kappa shape index (κ2) is 16.4. The molecule has 4 amide bonds. The first-order chi connectivity index (χ1) is 28.9. The van der Waals surface area contributed by atoms with E-state index in [1.54, 1.807) is 30.9 Å². The highest BCUT2D eigenvalue weighted by molar-refractivity contribution is 6.04. The average molecular weight is 851 g/mol. The van der Waals surface area contributed by atoms with Gasteiger partial charge < -0.3 is 25.1 Å². The van der Waals surface area contributed by atoms with E-state index in [1.807, 2.05) is 15.8 Å². The molecule has 4 aromatic rings. The van der Waals surface area contributed by atoms with Crippen LogP contribution in [0.3, 0.4) is 0 Å². The summed E-state index contributed by atoms with van der Waals surface area (Å²) in [7, 11) is 0. The standard InChI is InChI=1S/C43H47F5N8O5/c1-42(2,61)30-21-34-25(18-35(30)50-40(59)33-4-3-5-36(49-33)43(46,47)48)23-56(52-34)27-11-14-53(15-12-27)26-9-16-54(17-10-26)41(60)24-8-13-55(22-24)28-19-31(44)38(32(45)20-28)29-6-7-37(57)51-39(29)58/h3-5,18-21,23-24,26-27,29,61H,6-17,22H2,1-2H3,(H,50,59)(H,51,57,58)/t24-,29-/m1/s1. The van der Waals surface area contributed by atoms with Crippen molar-refractivity contribution in [3.8, 4) is 0 Å². The van der Waals surface area contributed by atoms with Gasteiger partial charge in [-0.25, -0.2) is 13.8 Å². The van der Waals surface area contributed by atoms with Crippen LogP contribution in [0.25, 0.3) is 10.9 Å². The molecule has 2 atom stereocenters. The van der Waals surface area contributed by atoms with Gasteiger partial charge in [-0.15, -0.1) is 0 Å². The van der Waals surface area contributed by atoms with Crippen LogP contribution in [0.2, 0.25) is 0 Å². The molecule has 0 bridgehead atoms. The van der Waals surface area contributed by atoms with Crippen molar-refractivity contribution in [3.05, 3.63) is 82.8 Å². The summed E-state index contributed by atoms with van der Waals surface area (Å²) in [5, 5.41) is 21.3. The van der Waals surface area contributed by atoms with Gasteiger partial charge in [0.25, 0.3) is 5.91 Å². The van der Waals surface area contributed by atoms with Crippen LogP contribution in [0.4, 0.5) is 33.3 Å². The van der Waals surface area contributed by atoms with Gasteiger partial charge in [-0.2, -0.15) is 18.3 Å². The number of likely N-dealkylation sites (tertiary alicyclic amines) is 2. The van der Waals surface area contributed by atoms with Crippen LogP contribution in [0.5, 0.6) is 0 Å². The lowest BCUT2D eigenvalue weighted by Gasteiger charge is -2.42. The van der Waals surface area contributed by atoms with Crippen molar-refractivity contribution < 1.29 is 46.2 Å². The van der Waals surface area contributed by atoms with Crippen LogP contribution in [0.15, 0.2) is 48.7 Å². The predicted molar refractivity (Wildman–Crippen MR) is 213 cm³/mol. The maximum Gasteiger partial charge on any atom is 0.433 e. The summed E-state index contributed by atoms with van der Waals surface area (Å²) in [6, 6.07) is 9.24.